The number of carbonyl (C=O) groups is 1. The molecule has 104 valence electrons. The smallest absolute Gasteiger partial charge is 0.251 e. The summed E-state index contributed by atoms with van der Waals surface area (Å²) in [5.41, 5.74) is 3.07. The first-order valence-corrected chi connectivity index (χ1v) is 7.03. The molecule has 1 unspecified atom stereocenters. The van der Waals surface area contributed by atoms with Gasteiger partial charge in [-0.25, -0.2) is 0 Å². The second kappa shape index (κ2) is 6.57. The molecule has 1 aliphatic rings. The van der Waals surface area contributed by atoms with E-state index < -0.39 is 0 Å². The van der Waals surface area contributed by atoms with Crippen LogP contribution in [0.5, 0.6) is 0 Å². The van der Waals surface area contributed by atoms with Gasteiger partial charge in [-0.3, -0.25) is 4.79 Å². The van der Waals surface area contributed by atoms with Gasteiger partial charge in [0.1, 0.15) is 0 Å². The van der Waals surface area contributed by atoms with Gasteiger partial charge in [-0.1, -0.05) is 6.92 Å². The maximum Gasteiger partial charge on any atom is 0.251 e. The molecule has 1 heterocycles. The number of benzene rings is 1. The molecule has 19 heavy (non-hydrogen) atoms. The number of hydrogen-bond donors (Lipinski definition) is 3. The Morgan fingerprint density at radius 3 is 3.11 bits per heavy atom. The van der Waals surface area contributed by atoms with Gasteiger partial charge >= 0.3 is 0 Å². The first-order valence-electron chi connectivity index (χ1n) is 7.03. The van der Waals surface area contributed by atoms with Crippen molar-refractivity contribution in [2.45, 2.75) is 38.6 Å². The molecule has 0 spiro atoms. The van der Waals surface area contributed by atoms with Gasteiger partial charge < -0.3 is 15.7 Å². The maximum absolute atomic E-state index is 12.2. The summed E-state index contributed by atoms with van der Waals surface area (Å²) >= 11 is 0. The minimum absolute atomic E-state index is 0.0475. The molecule has 1 aromatic rings. The maximum atomic E-state index is 12.2. The average molecular weight is 262 g/mol. The number of anilines is 1. The standard InChI is InChI=1S/C15H22N2O2/c1-2-13(7-9-18)17-15(19)12-5-6-14-11(10-12)4-3-8-16-14/h5-6,10,13,16,18H,2-4,7-9H2,1H3,(H,17,19). The van der Waals surface area contributed by atoms with E-state index in [-0.39, 0.29) is 18.6 Å². The molecule has 0 aromatic heterocycles. The minimum Gasteiger partial charge on any atom is -0.396 e. The van der Waals surface area contributed by atoms with Crippen LogP contribution < -0.4 is 10.6 Å². The molecule has 1 aromatic carbocycles. The summed E-state index contributed by atoms with van der Waals surface area (Å²) in [6, 6.07) is 5.86. The highest BCUT2D eigenvalue weighted by Gasteiger charge is 2.15. The number of nitrogens with one attached hydrogen (secondary N) is 2. The van der Waals surface area contributed by atoms with Crippen molar-refractivity contribution in [1.82, 2.24) is 5.32 Å². The molecule has 2 rings (SSSR count). The number of aliphatic hydroxyl groups excluding tert-OH is 1. The summed E-state index contributed by atoms with van der Waals surface area (Å²) in [4.78, 5) is 12.2. The first-order chi connectivity index (χ1) is 9.24. The van der Waals surface area contributed by atoms with Gasteiger partial charge in [0.05, 0.1) is 0 Å². The van der Waals surface area contributed by atoms with Gasteiger partial charge in [0, 0.05) is 30.4 Å². The molecular formula is C15H22N2O2. The lowest BCUT2D eigenvalue weighted by atomic mass is 10.0. The number of aryl methyl sites for hydroxylation is 1. The number of aliphatic hydroxyl groups is 1. The van der Waals surface area contributed by atoms with Crippen molar-refractivity contribution in [3.63, 3.8) is 0 Å². The lowest BCUT2D eigenvalue weighted by Gasteiger charge is -2.20. The van der Waals surface area contributed by atoms with E-state index in [0.717, 1.165) is 31.5 Å². The first kappa shape index (κ1) is 13.9. The highest BCUT2D eigenvalue weighted by molar-refractivity contribution is 5.95. The van der Waals surface area contributed by atoms with Crippen molar-refractivity contribution in [3.05, 3.63) is 29.3 Å². The SMILES string of the molecule is CCC(CCO)NC(=O)c1ccc2c(c1)CCCN2. The normalized spacial score (nSPS) is 15.3. The second-order valence-electron chi connectivity index (χ2n) is 4.99. The molecule has 0 fully saturated rings. The minimum atomic E-state index is -0.0475. The summed E-state index contributed by atoms with van der Waals surface area (Å²) in [5, 5.41) is 15.3. The van der Waals surface area contributed by atoms with Crippen molar-refractivity contribution in [2.24, 2.45) is 0 Å². The largest absolute Gasteiger partial charge is 0.396 e. The third kappa shape index (κ3) is 3.47. The molecule has 0 bridgehead atoms. The highest BCUT2D eigenvalue weighted by Crippen LogP contribution is 2.22. The van der Waals surface area contributed by atoms with Crippen molar-refractivity contribution in [1.29, 1.82) is 0 Å². The van der Waals surface area contributed by atoms with E-state index in [4.69, 9.17) is 5.11 Å². The molecule has 0 saturated heterocycles. The predicted octanol–water partition coefficient (Wildman–Crippen LogP) is 1.94. The van der Waals surface area contributed by atoms with Crippen LogP contribution in [0, 0.1) is 0 Å². The fourth-order valence-corrected chi connectivity index (χ4v) is 2.42. The van der Waals surface area contributed by atoms with Crippen molar-refractivity contribution in [2.75, 3.05) is 18.5 Å². The van der Waals surface area contributed by atoms with E-state index in [1.54, 1.807) is 0 Å². The van der Waals surface area contributed by atoms with Crippen LogP contribution >= 0.6 is 0 Å². The van der Waals surface area contributed by atoms with Crippen LogP contribution in [-0.2, 0) is 6.42 Å². The quantitative estimate of drug-likeness (QED) is 0.760. The fraction of sp³-hybridized carbons (Fsp3) is 0.533. The van der Waals surface area contributed by atoms with Crippen LogP contribution in [0.15, 0.2) is 18.2 Å². The molecule has 1 amide bonds. The van der Waals surface area contributed by atoms with Gasteiger partial charge in [0.2, 0.25) is 0 Å². The Balaban J connectivity index is 2.06. The van der Waals surface area contributed by atoms with Crippen molar-refractivity contribution in [3.8, 4) is 0 Å². The van der Waals surface area contributed by atoms with Crippen molar-refractivity contribution < 1.29 is 9.90 Å². The Hall–Kier alpha value is -1.55. The van der Waals surface area contributed by atoms with Gasteiger partial charge in [-0.15, -0.1) is 0 Å². The molecule has 3 N–H and O–H groups in total. The average Bonchev–Trinajstić information content (AvgIpc) is 2.46. The van der Waals surface area contributed by atoms with E-state index in [9.17, 15) is 4.79 Å². The topological polar surface area (TPSA) is 61.4 Å². The Kier molecular flexibility index (Phi) is 4.80. The Morgan fingerprint density at radius 2 is 2.37 bits per heavy atom. The van der Waals surface area contributed by atoms with Crippen molar-refractivity contribution >= 4 is 11.6 Å². The predicted molar refractivity (Wildman–Crippen MR) is 76.5 cm³/mol. The second-order valence-corrected chi connectivity index (χ2v) is 4.99. The molecule has 4 nitrogen and oxygen atoms in total. The summed E-state index contributed by atoms with van der Waals surface area (Å²) in [7, 11) is 0. The van der Waals surface area contributed by atoms with E-state index >= 15 is 0 Å². The molecular weight excluding hydrogens is 240 g/mol. The Morgan fingerprint density at radius 1 is 1.53 bits per heavy atom. The van der Waals surface area contributed by atoms with Crippen LogP contribution in [0.25, 0.3) is 0 Å². The number of carbonyl (C=O) groups excluding carboxylic acids is 1. The number of amides is 1. The molecule has 0 aliphatic carbocycles. The molecule has 1 aliphatic heterocycles. The van der Waals surface area contributed by atoms with E-state index in [0.29, 0.717) is 12.0 Å². The van der Waals surface area contributed by atoms with Gasteiger partial charge in [-0.05, 0) is 49.4 Å². The number of hydrogen-bond acceptors (Lipinski definition) is 3. The summed E-state index contributed by atoms with van der Waals surface area (Å²) in [5.74, 6) is -0.0475. The lowest BCUT2D eigenvalue weighted by Crippen LogP contribution is -2.35. The monoisotopic (exact) mass is 262 g/mol. The molecule has 4 heteroatoms. The third-order valence-electron chi connectivity index (χ3n) is 3.61. The van der Waals surface area contributed by atoms with Crippen LogP contribution in [-0.4, -0.2) is 30.2 Å². The number of fused-ring (bicyclic) bond motifs is 1. The van der Waals surface area contributed by atoms with Crippen LogP contribution in [0.4, 0.5) is 5.69 Å². The molecule has 0 radical (unpaired) electrons. The number of rotatable bonds is 5. The highest BCUT2D eigenvalue weighted by atomic mass is 16.3. The zero-order valence-electron chi connectivity index (χ0n) is 11.4. The van der Waals surface area contributed by atoms with Gasteiger partial charge in [0.15, 0.2) is 0 Å². The van der Waals surface area contributed by atoms with Crippen LogP contribution in [0.2, 0.25) is 0 Å². The van der Waals surface area contributed by atoms with Crippen LogP contribution in [0.3, 0.4) is 0 Å². The zero-order chi connectivity index (χ0) is 13.7. The zero-order valence-corrected chi connectivity index (χ0v) is 11.4. The lowest BCUT2D eigenvalue weighted by molar-refractivity contribution is 0.0929. The van der Waals surface area contributed by atoms with E-state index in [1.165, 1.54) is 5.56 Å². The summed E-state index contributed by atoms with van der Waals surface area (Å²) in [6.07, 6.45) is 3.57. The Labute approximate surface area is 114 Å². The molecule has 0 saturated carbocycles. The molecule has 1 atom stereocenters. The third-order valence-corrected chi connectivity index (χ3v) is 3.61. The summed E-state index contributed by atoms with van der Waals surface area (Å²) in [6.45, 7) is 3.12. The van der Waals surface area contributed by atoms with Gasteiger partial charge in [-0.2, -0.15) is 0 Å². The van der Waals surface area contributed by atoms with Gasteiger partial charge in [0.25, 0.3) is 5.91 Å². The fourth-order valence-electron chi connectivity index (χ4n) is 2.42. The van der Waals surface area contributed by atoms with E-state index in [2.05, 4.69) is 10.6 Å². The summed E-state index contributed by atoms with van der Waals surface area (Å²) < 4.78 is 0. The van der Waals surface area contributed by atoms with E-state index in [1.807, 2.05) is 25.1 Å². The van der Waals surface area contributed by atoms with Crippen LogP contribution in [0.1, 0.15) is 42.1 Å². The Bertz CT molecular complexity index is 446.